The summed E-state index contributed by atoms with van der Waals surface area (Å²) in [4.78, 5) is 18.3. The first-order valence-corrected chi connectivity index (χ1v) is 8.19. The number of aromatic nitrogens is 3. The van der Waals surface area contributed by atoms with Gasteiger partial charge in [0.15, 0.2) is 0 Å². The Kier molecular flexibility index (Phi) is 4.57. The van der Waals surface area contributed by atoms with Gasteiger partial charge >= 0.3 is 0 Å². The number of hydrogen-bond acceptors (Lipinski definition) is 6. The van der Waals surface area contributed by atoms with Crippen molar-refractivity contribution in [3.8, 4) is 0 Å². The van der Waals surface area contributed by atoms with Gasteiger partial charge < -0.3 is 4.90 Å². The van der Waals surface area contributed by atoms with Gasteiger partial charge in [0.05, 0.1) is 18.3 Å². The van der Waals surface area contributed by atoms with E-state index < -0.39 is 0 Å². The molecule has 0 radical (unpaired) electrons. The molecule has 0 spiro atoms. The Bertz CT molecular complexity index is 569. The van der Waals surface area contributed by atoms with Crippen molar-refractivity contribution in [2.24, 2.45) is 0 Å². The Hall–Kier alpha value is -1.37. The van der Waals surface area contributed by atoms with Gasteiger partial charge in [0.1, 0.15) is 10.8 Å². The van der Waals surface area contributed by atoms with Gasteiger partial charge in [0, 0.05) is 24.3 Å². The molecule has 0 amide bonds. The van der Waals surface area contributed by atoms with E-state index in [2.05, 4.69) is 33.9 Å². The highest BCUT2D eigenvalue weighted by molar-refractivity contribution is 7.09. The van der Waals surface area contributed by atoms with Crippen molar-refractivity contribution in [2.45, 2.75) is 32.0 Å². The van der Waals surface area contributed by atoms with Crippen molar-refractivity contribution in [2.75, 3.05) is 20.6 Å². The summed E-state index contributed by atoms with van der Waals surface area (Å²) in [5.41, 5.74) is 1.09. The predicted octanol–water partition coefficient (Wildman–Crippen LogP) is 2.33. The summed E-state index contributed by atoms with van der Waals surface area (Å²) in [5.74, 6) is 0.961. The van der Waals surface area contributed by atoms with Crippen LogP contribution >= 0.6 is 11.3 Å². The Morgan fingerprint density at radius 3 is 3.00 bits per heavy atom. The summed E-state index contributed by atoms with van der Waals surface area (Å²) < 4.78 is 0. The molecule has 1 saturated heterocycles. The molecule has 0 N–H and O–H groups in total. The number of hydrogen-bond donors (Lipinski definition) is 0. The van der Waals surface area contributed by atoms with Crippen LogP contribution in [0.1, 0.15) is 35.4 Å². The molecule has 1 atom stereocenters. The maximum absolute atomic E-state index is 4.76. The Morgan fingerprint density at radius 2 is 2.24 bits per heavy atom. The van der Waals surface area contributed by atoms with Crippen LogP contribution in [0, 0.1) is 0 Å². The number of nitrogens with zero attached hydrogens (tertiary/aromatic N) is 5. The van der Waals surface area contributed by atoms with E-state index in [4.69, 9.17) is 4.98 Å². The van der Waals surface area contributed by atoms with E-state index in [9.17, 15) is 0 Å². The van der Waals surface area contributed by atoms with Gasteiger partial charge in [0.25, 0.3) is 0 Å². The van der Waals surface area contributed by atoms with E-state index >= 15 is 0 Å². The van der Waals surface area contributed by atoms with Gasteiger partial charge in [-0.05, 0) is 39.5 Å². The monoisotopic (exact) mass is 303 g/mol. The molecule has 1 aliphatic rings. The summed E-state index contributed by atoms with van der Waals surface area (Å²) >= 11 is 1.72. The van der Waals surface area contributed by atoms with E-state index in [1.54, 1.807) is 11.3 Å². The molecule has 6 heteroatoms. The first kappa shape index (κ1) is 14.6. The zero-order chi connectivity index (χ0) is 14.7. The number of likely N-dealkylation sites (tertiary alicyclic amines) is 1. The SMILES string of the molecule is CN(C)Cc1ccnc([C@@H]2CCCN2Cc2nccs2)n1. The molecule has 0 bridgehead atoms. The molecule has 3 rings (SSSR count). The lowest BCUT2D eigenvalue weighted by Crippen LogP contribution is -2.24. The van der Waals surface area contributed by atoms with Crippen molar-refractivity contribution in [3.63, 3.8) is 0 Å². The molecule has 1 fully saturated rings. The van der Waals surface area contributed by atoms with E-state index in [-0.39, 0.29) is 0 Å². The summed E-state index contributed by atoms with van der Waals surface area (Å²) in [5, 5.41) is 3.21. The molecule has 0 aromatic carbocycles. The fraction of sp³-hybridized carbons (Fsp3) is 0.533. The fourth-order valence-corrected chi connectivity index (χ4v) is 3.44. The van der Waals surface area contributed by atoms with Crippen molar-refractivity contribution in [3.05, 3.63) is 40.4 Å². The standard InChI is InChI=1S/C15H21N5S/c1-19(2)10-12-5-6-17-15(18-12)13-4-3-8-20(13)11-14-16-7-9-21-14/h5-7,9,13H,3-4,8,10-11H2,1-2H3/t13-/m0/s1. The van der Waals surface area contributed by atoms with E-state index in [1.165, 1.54) is 11.4 Å². The largest absolute Gasteiger partial charge is 0.304 e. The summed E-state index contributed by atoms with van der Waals surface area (Å²) in [6.07, 6.45) is 6.11. The van der Waals surface area contributed by atoms with Crippen LogP contribution in [0.3, 0.4) is 0 Å². The summed E-state index contributed by atoms with van der Waals surface area (Å²) in [6, 6.07) is 2.33. The zero-order valence-corrected chi connectivity index (χ0v) is 13.4. The van der Waals surface area contributed by atoms with Crippen molar-refractivity contribution < 1.29 is 0 Å². The van der Waals surface area contributed by atoms with Crippen LogP contribution in [0.2, 0.25) is 0 Å². The molecule has 1 aliphatic heterocycles. The van der Waals surface area contributed by atoms with Gasteiger partial charge in [-0.2, -0.15) is 0 Å². The molecule has 0 unspecified atom stereocenters. The van der Waals surface area contributed by atoms with Crippen LogP contribution in [0.25, 0.3) is 0 Å². The quantitative estimate of drug-likeness (QED) is 0.848. The third-order valence-electron chi connectivity index (χ3n) is 3.69. The smallest absolute Gasteiger partial charge is 0.145 e. The van der Waals surface area contributed by atoms with Crippen LogP contribution in [0.5, 0.6) is 0 Å². The second-order valence-electron chi connectivity index (χ2n) is 5.70. The topological polar surface area (TPSA) is 45.2 Å². The van der Waals surface area contributed by atoms with Gasteiger partial charge in [-0.1, -0.05) is 0 Å². The average molecular weight is 303 g/mol. The summed E-state index contributed by atoms with van der Waals surface area (Å²) in [7, 11) is 4.12. The predicted molar refractivity (Wildman–Crippen MR) is 83.9 cm³/mol. The van der Waals surface area contributed by atoms with E-state index in [0.717, 1.165) is 37.6 Å². The minimum atomic E-state index is 0.330. The lowest BCUT2D eigenvalue weighted by molar-refractivity contribution is 0.238. The second kappa shape index (κ2) is 6.60. The first-order valence-electron chi connectivity index (χ1n) is 7.31. The van der Waals surface area contributed by atoms with Crippen LogP contribution in [0.15, 0.2) is 23.8 Å². The number of rotatable bonds is 5. The Morgan fingerprint density at radius 1 is 1.33 bits per heavy atom. The normalized spacial score (nSPS) is 19.5. The third kappa shape index (κ3) is 3.64. The lowest BCUT2D eigenvalue weighted by Gasteiger charge is -2.22. The summed E-state index contributed by atoms with van der Waals surface area (Å²) in [6.45, 7) is 2.86. The zero-order valence-electron chi connectivity index (χ0n) is 12.6. The maximum Gasteiger partial charge on any atom is 0.145 e. The molecule has 21 heavy (non-hydrogen) atoms. The first-order chi connectivity index (χ1) is 10.2. The molecule has 2 aromatic heterocycles. The molecule has 3 heterocycles. The molecule has 0 aliphatic carbocycles. The van der Waals surface area contributed by atoms with Gasteiger partial charge in [-0.3, -0.25) is 4.90 Å². The lowest BCUT2D eigenvalue weighted by atomic mass is 10.2. The van der Waals surface area contributed by atoms with Crippen molar-refractivity contribution >= 4 is 11.3 Å². The third-order valence-corrected chi connectivity index (χ3v) is 4.46. The maximum atomic E-state index is 4.76. The molecular weight excluding hydrogens is 282 g/mol. The highest BCUT2D eigenvalue weighted by Gasteiger charge is 2.28. The molecule has 0 saturated carbocycles. The minimum Gasteiger partial charge on any atom is -0.304 e. The highest BCUT2D eigenvalue weighted by Crippen LogP contribution is 2.31. The number of thiazole rings is 1. The minimum absolute atomic E-state index is 0.330. The van der Waals surface area contributed by atoms with Crippen molar-refractivity contribution in [1.29, 1.82) is 0 Å². The van der Waals surface area contributed by atoms with Gasteiger partial charge in [-0.25, -0.2) is 15.0 Å². The van der Waals surface area contributed by atoms with Gasteiger partial charge in [-0.15, -0.1) is 11.3 Å². The molecule has 5 nitrogen and oxygen atoms in total. The van der Waals surface area contributed by atoms with Crippen molar-refractivity contribution in [1.82, 2.24) is 24.8 Å². The van der Waals surface area contributed by atoms with Gasteiger partial charge in [0.2, 0.25) is 0 Å². The second-order valence-corrected chi connectivity index (χ2v) is 6.68. The average Bonchev–Trinajstić information content (AvgIpc) is 3.10. The molecular formula is C15H21N5S. The van der Waals surface area contributed by atoms with Crippen LogP contribution in [-0.2, 0) is 13.1 Å². The van der Waals surface area contributed by atoms with Crippen LogP contribution in [0.4, 0.5) is 0 Å². The van der Waals surface area contributed by atoms with Crippen LogP contribution in [-0.4, -0.2) is 45.4 Å². The Labute approximate surface area is 129 Å². The fourth-order valence-electron chi connectivity index (χ4n) is 2.80. The van der Waals surface area contributed by atoms with Crippen LogP contribution < -0.4 is 0 Å². The van der Waals surface area contributed by atoms with E-state index in [0.29, 0.717) is 6.04 Å². The molecule has 2 aromatic rings. The highest BCUT2D eigenvalue weighted by atomic mass is 32.1. The Balaban J connectivity index is 1.75. The van der Waals surface area contributed by atoms with E-state index in [1.807, 2.05) is 23.8 Å². The molecule has 112 valence electrons.